The summed E-state index contributed by atoms with van der Waals surface area (Å²) in [4.78, 5) is 18.8. The highest BCUT2D eigenvalue weighted by Gasteiger charge is 2.13. The summed E-state index contributed by atoms with van der Waals surface area (Å²) in [5.41, 5.74) is 1.51. The first-order valence-corrected chi connectivity index (χ1v) is 6.33. The van der Waals surface area contributed by atoms with Gasteiger partial charge in [-0.15, -0.1) is 0 Å². The number of benzene rings is 1. The Morgan fingerprint density at radius 2 is 2.10 bits per heavy atom. The van der Waals surface area contributed by atoms with Crippen molar-refractivity contribution in [2.75, 3.05) is 0 Å². The van der Waals surface area contributed by atoms with E-state index >= 15 is 0 Å². The number of para-hydroxylation sites is 1. The van der Waals surface area contributed by atoms with Gasteiger partial charge >= 0.3 is 5.97 Å². The van der Waals surface area contributed by atoms with Crippen molar-refractivity contribution in [3.05, 3.63) is 53.6 Å². The summed E-state index contributed by atoms with van der Waals surface area (Å²) in [6.07, 6.45) is 2.60. The molecular weight excluding hydrogens is 256 g/mol. The van der Waals surface area contributed by atoms with Crippen molar-refractivity contribution in [1.29, 1.82) is 0 Å². The fraction of sp³-hybridized carbons (Fsp3) is 0.267. The van der Waals surface area contributed by atoms with Gasteiger partial charge in [-0.05, 0) is 17.5 Å². The summed E-state index contributed by atoms with van der Waals surface area (Å²) in [6.45, 7) is 4.26. The van der Waals surface area contributed by atoms with Crippen LogP contribution in [0.1, 0.15) is 41.4 Å². The SMILES string of the molecule is CC(C)c1ccccc1OCc1ncncc1C(=O)O. The average molecular weight is 272 g/mol. The molecule has 0 fully saturated rings. The largest absolute Gasteiger partial charge is 0.487 e. The molecular formula is C15H16N2O3. The number of rotatable bonds is 5. The smallest absolute Gasteiger partial charge is 0.339 e. The van der Waals surface area contributed by atoms with Crippen molar-refractivity contribution in [2.45, 2.75) is 26.4 Å². The number of hydrogen-bond acceptors (Lipinski definition) is 4. The van der Waals surface area contributed by atoms with Gasteiger partial charge in [0.05, 0.1) is 5.69 Å². The Morgan fingerprint density at radius 3 is 2.80 bits per heavy atom. The van der Waals surface area contributed by atoms with Gasteiger partial charge in [0.2, 0.25) is 0 Å². The van der Waals surface area contributed by atoms with Crippen LogP contribution >= 0.6 is 0 Å². The molecule has 0 spiro atoms. The molecule has 0 aliphatic rings. The Balaban J connectivity index is 2.20. The molecule has 0 bridgehead atoms. The van der Waals surface area contributed by atoms with E-state index in [2.05, 4.69) is 23.8 Å². The molecule has 0 amide bonds. The van der Waals surface area contributed by atoms with Crippen LogP contribution < -0.4 is 4.74 Å². The van der Waals surface area contributed by atoms with E-state index in [0.717, 1.165) is 11.3 Å². The molecule has 1 heterocycles. The van der Waals surface area contributed by atoms with Gasteiger partial charge in [-0.3, -0.25) is 0 Å². The van der Waals surface area contributed by atoms with Crippen LogP contribution in [-0.2, 0) is 6.61 Å². The highest BCUT2D eigenvalue weighted by Crippen LogP contribution is 2.26. The number of nitrogens with zero attached hydrogens (tertiary/aromatic N) is 2. The average Bonchev–Trinajstić information content (AvgIpc) is 2.45. The van der Waals surface area contributed by atoms with Crippen molar-refractivity contribution in [3.8, 4) is 5.75 Å². The van der Waals surface area contributed by atoms with Crippen LogP contribution in [0, 0.1) is 0 Å². The van der Waals surface area contributed by atoms with Crippen molar-refractivity contribution in [3.63, 3.8) is 0 Å². The molecule has 1 N–H and O–H groups in total. The van der Waals surface area contributed by atoms with Crippen LogP contribution in [-0.4, -0.2) is 21.0 Å². The number of aromatic carboxylic acids is 1. The third-order valence-corrected chi connectivity index (χ3v) is 2.93. The Kier molecular flexibility index (Phi) is 4.30. The quantitative estimate of drug-likeness (QED) is 0.906. The van der Waals surface area contributed by atoms with E-state index in [4.69, 9.17) is 9.84 Å². The monoisotopic (exact) mass is 272 g/mol. The molecule has 0 aliphatic heterocycles. The zero-order chi connectivity index (χ0) is 14.5. The molecule has 2 aromatic rings. The molecule has 104 valence electrons. The van der Waals surface area contributed by atoms with Gasteiger partial charge in [0.1, 0.15) is 24.2 Å². The van der Waals surface area contributed by atoms with E-state index in [-0.39, 0.29) is 12.2 Å². The van der Waals surface area contributed by atoms with Crippen molar-refractivity contribution in [2.24, 2.45) is 0 Å². The van der Waals surface area contributed by atoms with E-state index in [0.29, 0.717) is 11.6 Å². The van der Waals surface area contributed by atoms with Crippen LogP contribution in [0.25, 0.3) is 0 Å². The highest BCUT2D eigenvalue weighted by molar-refractivity contribution is 5.88. The molecule has 20 heavy (non-hydrogen) atoms. The topological polar surface area (TPSA) is 72.3 Å². The third-order valence-electron chi connectivity index (χ3n) is 2.93. The number of aromatic nitrogens is 2. The maximum Gasteiger partial charge on any atom is 0.339 e. The Hall–Kier alpha value is -2.43. The first-order valence-electron chi connectivity index (χ1n) is 6.33. The van der Waals surface area contributed by atoms with Crippen molar-refractivity contribution in [1.82, 2.24) is 9.97 Å². The van der Waals surface area contributed by atoms with Crippen molar-refractivity contribution < 1.29 is 14.6 Å². The molecule has 0 saturated carbocycles. The lowest BCUT2D eigenvalue weighted by Gasteiger charge is -2.14. The number of hydrogen-bond donors (Lipinski definition) is 1. The lowest BCUT2D eigenvalue weighted by Crippen LogP contribution is -2.09. The molecule has 0 unspecified atom stereocenters. The van der Waals surface area contributed by atoms with Gasteiger partial charge in [-0.25, -0.2) is 14.8 Å². The van der Waals surface area contributed by atoms with Crippen LogP contribution in [0.3, 0.4) is 0 Å². The van der Waals surface area contributed by atoms with Crippen molar-refractivity contribution >= 4 is 5.97 Å². The standard InChI is InChI=1S/C15H16N2O3/c1-10(2)11-5-3-4-6-14(11)20-8-13-12(15(18)19)7-16-9-17-13/h3-7,9-10H,8H2,1-2H3,(H,18,19). The summed E-state index contributed by atoms with van der Waals surface area (Å²) in [5, 5.41) is 9.07. The lowest BCUT2D eigenvalue weighted by atomic mass is 10.0. The lowest BCUT2D eigenvalue weighted by molar-refractivity contribution is 0.0692. The fourth-order valence-corrected chi connectivity index (χ4v) is 1.88. The first-order chi connectivity index (χ1) is 9.59. The highest BCUT2D eigenvalue weighted by atomic mass is 16.5. The zero-order valence-electron chi connectivity index (χ0n) is 11.4. The minimum atomic E-state index is -1.05. The molecule has 0 saturated heterocycles. The Bertz CT molecular complexity index is 612. The van der Waals surface area contributed by atoms with Gasteiger partial charge in [-0.2, -0.15) is 0 Å². The minimum absolute atomic E-state index is 0.0644. The van der Waals surface area contributed by atoms with Crippen LogP contribution in [0.5, 0.6) is 5.75 Å². The van der Waals surface area contributed by atoms with E-state index in [1.54, 1.807) is 0 Å². The van der Waals surface area contributed by atoms with Gasteiger partial charge < -0.3 is 9.84 Å². The Morgan fingerprint density at radius 1 is 1.35 bits per heavy atom. The van der Waals surface area contributed by atoms with Crippen LogP contribution in [0.4, 0.5) is 0 Å². The predicted octanol–water partition coefficient (Wildman–Crippen LogP) is 2.88. The number of ether oxygens (including phenoxy) is 1. The molecule has 0 aliphatic carbocycles. The third kappa shape index (κ3) is 3.12. The van der Waals surface area contributed by atoms with E-state index in [1.165, 1.54) is 12.5 Å². The Labute approximate surface area is 117 Å². The molecule has 5 heteroatoms. The fourth-order valence-electron chi connectivity index (χ4n) is 1.88. The van der Waals surface area contributed by atoms with Gasteiger partial charge in [0.25, 0.3) is 0 Å². The number of carboxylic acids is 1. The minimum Gasteiger partial charge on any atom is -0.487 e. The molecule has 0 atom stereocenters. The molecule has 0 radical (unpaired) electrons. The van der Waals surface area contributed by atoms with E-state index in [9.17, 15) is 4.79 Å². The normalized spacial score (nSPS) is 10.6. The molecule has 2 rings (SSSR count). The second kappa shape index (κ2) is 6.14. The van der Waals surface area contributed by atoms with E-state index < -0.39 is 5.97 Å². The van der Waals surface area contributed by atoms with Gasteiger partial charge in [0, 0.05) is 6.20 Å². The number of carboxylic acid groups (broad SMARTS) is 1. The van der Waals surface area contributed by atoms with Crippen LogP contribution in [0.15, 0.2) is 36.8 Å². The summed E-state index contributed by atoms with van der Waals surface area (Å²) < 4.78 is 5.72. The van der Waals surface area contributed by atoms with Gasteiger partial charge in [-0.1, -0.05) is 32.0 Å². The van der Waals surface area contributed by atoms with Gasteiger partial charge in [0.15, 0.2) is 0 Å². The molecule has 1 aromatic carbocycles. The number of carbonyl (C=O) groups is 1. The zero-order valence-corrected chi connectivity index (χ0v) is 11.4. The summed E-state index contributed by atoms with van der Waals surface area (Å²) in [7, 11) is 0. The first kappa shape index (κ1) is 14.0. The van der Waals surface area contributed by atoms with E-state index in [1.807, 2.05) is 24.3 Å². The molecule has 1 aromatic heterocycles. The predicted molar refractivity (Wildman–Crippen MR) is 73.9 cm³/mol. The second-order valence-electron chi connectivity index (χ2n) is 4.67. The van der Waals surface area contributed by atoms with Crippen LogP contribution in [0.2, 0.25) is 0 Å². The second-order valence-corrected chi connectivity index (χ2v) is 4.67. The summed E-state index contributed by atoms with van der Waals surface area (Å²) >= 11 is 0. The molecule has 5 nitrogen and oxygen atoms in total. The summed E-state index contributed by atoms with van der Waals surface area (Å²) in [5.74, 6) is 0.0225. The maximum absolute atomic E-state index is 11.1. The summed E-state index contributed by atoms with van der Waals surface area (Å²) in [6, 6.07) is 7.71. The maximum atomic E-state index is 11.1.